The Morgan fingerprint density at radius 3 is 2.66 bits per heavy atom. The Morgan fingerprint density at radius 2 is 1.93 bits per heavy atom. The Labute approximate surface area is 174 Å². The van der Waals surface area contributed by atoms with E-state index in [9.17, 15) is 4.79 Å². The molecule has 0 spiro atoms. The summed E-state index contributed by atoms with van der Waals surface area (Å²) in [6, 6.07) is 16.9. The third-order valence-electron chi connectivity index (χ3n) is 4.89. The predicted molar refractivity (Wildman–Crippen MR) is 112 cm³/mol. The zero-order chi connectivity index (χ0) is 20.2. The quantitative estimate of drug-likeness (QED) is 0.580. The Balaban J connectivity index is 1.32. The number of rotatable bonds is 6. The predicted octanol–water partition coefficient (Wildman–Crippen LogP) is 3.14. The number of carbonyl (C=O) groups excluding carboxylic acids is 1. The summed E-state index contributed by atoms with van der Waals surface area (Å²) in [6.07, 6.45) is 2.48. The molecule has 2 atom stereocenters. The fraction of sp³-hybridized carbons (Fsp3) is 0.238. The lowest BCUT2D eigenvalue weighted by atomic mass is 10.0. The smallest absolute Gasteiger partial charge is 0.244 e. The molecule has 150 valence electrons. The molecule has 2 heterocycles. The number of amides is 1. The van der Waals surface area contributed by atoms with Crippen molar-refractivity contribution in [2.75, 3.05) is 12.4 Å². The van der Waals surface area contributed by atoms with Crippen LogP contribution in [0, 0.1) is 0 Å². The van der Waals surface area contributed by atoms with Crippen LogP contribution in [-0.2, 0) is 11.3 Å². The SMILES string of the molecule is COc1ccc(C2CC(C(=O)Nc3ccn(Cc4ccc(Cl)cc4)n3)NN2)cc1. The number of benzene rings is 2. The van der Waals surface area contributed by atoms with Crippen LogP contribution in [0.2, 0.25) is 5.02 Å². The van der Waals surface area contributed by atoms with Gasteiger partial charge in [-0.3, -0.25) is 9.48 Å². The molecule has 0 radical (unpaired) electrons. The monoisotopic (exact) mass is 411 g/mol. The van der Waals surface area contributed by atoms with Crippen molar-refractivity contribution in [3.8, 4) is 5.75 Å². The number of anilines is 1. The molecule has 8 heteroatoms. The standard InChI is InChI=1S/C21H22ClN5O2/c1-29-17-8-4-15(5-9-17)18-12-19(25-24-18)21(28)23-20-10-11-27(26-20)13-14-2-6-16(22)7-3-14/h2-11,18-19,24-25H,12-13H2,1H3,(H,23,26,28). The minimum absolute atomic E-state index is 0.0547. The highest BCUT2D eigenvalue weighted by Gasteiger charge is 2.30. The van der Waals surface area contributed by atoms with Crippen molar-refractivity contribution >= 4 is 23.3 Å². The molecular weight excluding hydrogens is 390 g/mol. The number of halogens is 1. The highest BCUT2D eigenvalue weighted by Crippen LogP contribution is 2.24. The van der Waals surface area contributed by atoms with Crippen molar-refractivity contribution in [2.45, 2.75) is 25.0 Å². The zero-order valence-electron chi connectivity index (χ0n) is 15.9. The third kappa shape index (κ3) is 4.76. The molecule has 0 saturated carbocycles. The second kappa shape index (κ2) is 8.65. The van der Waals surface area contributed by atoms with Gasteiger partial charge in [-0.15, -0.1) is 0 Å². The molecule has 3 aromatic rings. The van der Waals surface area contributed by atoms with E-state index in [1.54, 1.807) is 17.9 Å². The largest absolute Gasteiger partial charge is 0.497 e. The van der Waals surface area contributed by atoms with Gasteiger partial charge < -0.3 is 10.1 Å². The maximum absolute atomic E-state index is 12.6. The Morgan fingerprint density at radius 1 is 1.17 bits per heavy atom. The van der Waals surface area contributed by atoms with Gasteiger partial charge in [-0.25, -0.2) is 10.9 Å². The van der Waals surface area contributed by atoms with E-state index in [1.807, 2.05) is 54.7 Å². The Bertz CT molecular complexity index is 971. The normalized spacial score (nSPS) is 18.6. The molecule has 3 N–H and O–H groups in total. The number of aromatic nitrogens is 2. The molecule has 1 aliphatic rings. The summed E-state index contributed by atoms with van der Waals surface area (Å²) in [5, 5.41) is 8.00. The van der Waals surface area contributed by atoms with Crippen LogP contribution in [0.5, 0.6) is 5.75 Å². The summed E-state index contributed by atoms with van der Waals surface area (Å²) >= 11 is 5.91. The van der Waals surface area contributed by atoms with Gasteiger partial charge in [-0.05, 0) is 41.8 Å². The van der Waals surface area contributed by atoms with E-state index >= 15 is 0 Å². The van der Waals surface area contributed by atoms with Gasteiger partial charge in [0.25, 0.3) is 0 Å². The number of hydrogen-bond donors (Lipinski definition) is 3. The second-order valence-corrected chi connectivity index (χ2v) is 7.35. The van der Waals surface area contributed by atoms with E-state index in [0.717, 1.165) is 16.9 Å². The Hall–Kier alpha value is -2.87. The average Bonchev–Trinajstić information content (AvgIpc) is 3.40. The second-order valence-electron chi connectivity index (χ2n) is 6.92. The van der Waals surface area contributed by atoms with Gasteiger partial charge in [0.1, 0.15) is 11.8 Å². The lowest BCUT2D eigenvalue weighted by Gasteiger charge is -2.10. The molecule has 2 unspecified atom stereocenters. The molecule has 0 aliphatic carbocycles. The number of hydrazine groups is 1. The first-order valence-electron chi connectivity index (χ1n) is 9.34. The van der Waals surface area contributed by atoms with Gasteiger partial charge in [0.15, 0.2) is 5.82 Å². The number of nitrogens with one attached hydrogen (secondary N) is 3. The van der Waals surface area contributed by atoms with Crippen molar-refractivity contribution in [3.05, 3.63) is 76.9 Å². The van der Waals surface area contributed by atoms with Gasteiger partial charge in [0.2, 0.25) is 5.91 Å². The Kier molecular flexibility index (Phi) is 5.80. The van der Waals surface area contributed by atoms with Crippen LogP contribution >= 0.6 is 11.6 Å². The van der Waals surface area contributed by atoms with Gasteiger partial charge >= 0.3 is 0 Å². The number of carbonyl (C=O) groups is 1. The molecular formula is C21H22ClN5O2. The van der Waals surface area contributed by atoms with E-state index in [-0.39, 0.29) is 18.0 Å². The number of methoxy groups -OCH3 is 1. The molecule has 1 aromatic heterocycles. The third-order valence-corrected chi connectivity index (χ3v) is 5.14. The molecule has 1 saturated heterocycles. The summed E-state index contributed by atoms with van der Waals surface area (Å²) in [5.41, 5.74) is 8.43. The van der Waals surface area contributed by atoms with Gasteiger partial charge in [-0.2, -0.15) is 5.10 Å². The maximum Gasteiger partial charge on any atom is 0.244 e. The first-order chi connectivity index (χ1) is 14.1. The number of nitrogens with zero attached hydrogens (tertiary/aromatic N) is 2. The van der Waals surface area contributed by atoms with Crippen LogP contribution in [0.3, 0.4) is 0 Å². The molecule has 0 bridgehead atoms. The zero-order valence-corrected chi connectivity index (χ0v) is 16.7. The average molecular weight is 412 g/mol. The van der Waals surface area contributed by atoms with Crippen LogP contribution in [0.15, 0.2) is 60.8 Å². The first-order valence-corrected chi connectivity index (χ1v) is 9.72. The van der Waals surface area contributed by atoms with Crippen LogP contribution in [0.1, 0.15) is 23.6 Å². The van der Waals surface area contributed by atoms with E-state index in [4.69, 9.17) is 16.3 Å². The van der Waals surface area contributed by atoms with Gasteiger partial charge in [0.05, 0.1) is 13.7 Å². The van der Waals surface area contributed by atoms with E-state index in [1.165, 1.54) is 0 Å². The molecule has 29 heavy (non-hydrogen) atoms. The molecule has 1 fully saturated rings. The maximum atomic E-state index is 12.6. The van der Waals surface area contributed by atoms with Crippen molar-refractivity contribution in [2.24, 2.45) is 0 Å². The topological polar surface area (TPSA) is 80.2 Å². The van der Waals surface area contributed by atoms with Crippen molar-refractivity contribution in [1.29, 1.82) is 0 Å². The fourth-order valence-electron chi connectivity index (χ4n) is 3.29. The summed E-state index contributed by atoms with van der Waals surface area (Å²) in [6.45, 7) is 0.607. The van der Waals surface area contributed by atoms with Gasteiger partial charge in [0, 0.05) is 23.3 Å². The molecule has 2 aromatic carbocycles. The first kappa shape index (κ1) is 19.4. The minimum atomic E-state index is -0.344. The molecule has 4 rings (SSSR count). The van der Waals surface area contributed by atoms with E-state index in [2.05, 4.69) is 21.3 Å². The number of ether oxygens (including phenoxy) is 1. The van der Waals surface area contributed by atoms with Crippen molar-refractivity contribution in [1.82, 2.24) is 20.6 Å². The van der Waals surface area contributed by atoms with E-state index < -0.39 is 0 Å². The molecule has 7 nitrogen and oxygen atoms in total. The van der Waals surface area contributed by atoms with Crippen LogP contribution in [0.25, 0.3) is 0 Å². The summed E-state index contributed by atoms with van der Waals surface area (Å²) in [5.74, 6) is 1.21. The minimum Gasteiger partial charge on any atom is -0.497 e. The lowest BCUT2D eigenvalue weighted by Crippen LogP contribution is -2.39. The molecule has 1 amide bonds. The highest BCUT2D eigenvalue weighted by molar-refractivity contribution is 6.30. The highest BCUT2D eigenvalue weighted by atomic mass is 35.5. The molecule has 1 aliphatic heterocycles. The lowest BCUT2D eigenvalue weighted by molar-refractivity contribution is -0.117. The van der Waals surface area contributed by atoms with E-state index in [0.29, 0.717) is 23.8 Å². The summed E-state index contributed by atoms with van der Waals surface area (Å²) in [7, 11) is 1.64. The van der Waals surface area contributed by atoms with Crippen LogP contribution in [-0.4, -0.2) is 28.8 Å². The summed E-state index contributed by atoms with van der Waals surface area (Å²) < 4.78 is 6.96. The van der Waals surface area contributed by atoms with Crippen LogP contribution < -0.4 is 20.9 Å². The van der Waals surface area contributed by atoms with Crippen LogP contribution in [0.4, 0.5) is 5.82 Å². The van der Waals surface area contributed by atoms with Crippen molar-refractivity contribution < 1.29 is 9.53 Å². The van der Waals surface area contributed by atoms with Crippen molar-refractivity contribution in [3.63, 3.8) is 0 Å². The fourth-order valence-corrected chi connectivity index (χ4v) is 3.42. The van der Waals surface area contributed by atoms with Gasteiger partial charge in [-0.1, -0.05) is 35.9 Å². The number of hydrogen-bond acceptors (Lipinski definition) is 5. The summed E-state index contributed by atoms with van der Waals surface area (Å²) in [4.78, 5) is 12.6.